The minimum Gasteiger partial charge on any atom is -0.431 e. The first-order valence-electron chi connectivity index (χ1n) is 4.02. The van der Waals surface area contributed by atoms with E-state index in [0.29, 0.717) is 18.3 Å². The first-order valence-corrected chi connectivity index (χ1v) is 4.02. The van der Waals surface area contributed by atoms with E-state index in [4.69, 9.17) is 4.74 Å². The Bertz CT molecular complexity index is 192. The van der Waals surface area contributed by atoms with Crippen molar-refractivity contribution in [3.05, 3.63) is 11.8 Å². The molecule has 0 aliphatic carbocycles. The van der Waals surface area contributed by atoms with Crippen molar-refractivity contribution in [2.75, 3.05) is 0 Å². The third-order valence-corrected chi connectivity index (χ3v) is 1.74. The molecule has 2 heteroatoms. The maximum absolute atomic E-state index is 10.9. The van der Waals surface area contributed by atoms with Crippen LogP contribution in [0.5, 0.6) is 0 Å². The van der Waals surface area contributed by atoms with E-state index in [1.54, 1.807) is 0 Å². The summed E-state index contributed by atoms with van der Waals surface area (Å²) in [6.07, 6.45) is 2.56. The second kappa shape index (κ2) is 3.07. The van der Waals surface area contributed by atoms with Crippen LogP contribution >= 0.6 is 0 Å². The summed E-state index contributed by atoms with van der Waals surface area (Å²) in [5.74, 6) is 1.40. The predicted molar refractivity (Wildman–Crippen MR) is 42.8 cm³/mol. The summed E-state index contributed by atoms with van der Waals surface area (Å²) < 4.78 is 5.04. The van der Waals surface area contributed by atoms with E-state index >= 15 is 0 Å². The molecule has 0 radical (unpaired) electrons. The van der Waals surface area contributed by atoms with Gasteiger partial charge in [-0.15, -0.1) is 0 Å². The highest BCUT2D eigenvalue weighted by Crippen LogP contribution is 2.22. The molecule has 62 valence electrons. The lowest BCUT2D eigenvalue weighted by molar-refractivity contribution is -0.142. The summed E-state index contributed by atoms with van der Waals surface area (Å²) in [4.78, 5) is 10.9. The molecule has 1 unspecified atom stereocenters. The normalized spacial score (nSPS) is 24.9. The van der Waals surface area contributed by atoms with Gasteiger partial charge in [0, 0.05) is 5.92 Å². The van der Waals surface area contributed by atoms with Crippen molar-refractivity contribution in [1.82, 2.24) is 0 Å². The van der Waals surface area contributed by atoms with Crippen molar-refractivity contribution in [2.24, 2.45) is 11.8 Å². The van der Waals surface area contributed by atoms with Crippen LogP contribution < -0.4 is 0 Å². The number of allylic oxidation sites excluding steroid dienone is 2. The van der Waals surface area contributed by atoms with Crippen molar-refractivity contribution in [3.63, 3.8) is 0 Å². The molecule has 0 aromatic rings. The van der Waals surface area contributed by atoms with Crippen molar-refractivity contribution in [3.8, 4) is 0 Å². The predicted octanol–water partition coefficient (Wildman–Crippen LogP) is 2.11. The fourth-order valence-corrected chi connectivity index (χ4v) is 1.12. The summed E-state index contributed by atoms with van der Waals surface area (Å²) in [6.45, 7) is 6.08. The Kier molecular flexibility index (Phi) is 2.32. The van der Waals surface area contributed by atoms with Gasteiger partial charge >= 0.3 is 5.97 Å². The average molecular weight is 154 g/mol. The molecule has 1 aliphatic rings. The first-order chi connectivity index (χ1) is 5.09. The van der Waals surface area contributed by atoms with Gasteiger partial charge in [0.05, 0.1) is 6.42 Å². The van der Waals surface area contributed by atoms with Gasteiger partial charge < -0.3 is 4.74 Å². The van der Waals surface area contributed by atoms with Crippen molar-refractivity contribution < 1.29 is 9.53 Å². The van der Waals surface area contributed by atoms with Crippen LogP contribution in [0.15, 0.2) is 11.8 Å². The first kappa shape index (κ1) is 8.31. The summed E-state index contributed by atoms with van der Waals surface area (Å²) in [5, 5.41) is 0. The van der Waals surface area contributed by atoms with Crippen LogP contribution in [0.25, 0.3) is 0 Å². The molecule has 1 heterocycles. The van der Waals surface area contributed by atoms with Crippen LogP contribution in [0.3, 0.4) is 0 Å². The molecule has 0 N–H and O–H groups in total. The Morgan fingerprint density at radius 1 is 1.64 bits per heavy atom. The van der Waals surface area contributed by atoms with E-state index in [0.717, 1.165) is 5.76 Å². The number of carbonyl (C=O) groups excluding carboxylic acids is 1. The van der Waals surface area contributed by atoms with E-state index in [2.05, 4.69) is 0 Å². The second-order valence-electron chi connectivity index (χ2n) is 3.38. The molecule has 1 aliphatic heterocycles. The lowest BCUT2D eigenvalue weighted by atomic mass is 10.0. The van der Waals surface area contributed by atoms with E-state index in [1.807, 2.05) is 26.8 Å². The van der Waals surface area contributed by atoms with Gasteiger partial charge in [0.25, 0.3) is 0 Å². The molecule has 0 fully saturated rings. The molecule has 0 amide bonds. The van der Waals surface area contributed by atoms with E-state index in [9.17, 15) is 4.79 Å². The molecule has 1 atom stereocenters. The number of hydrogen-bond acceptors (Lipinski definition) is 2. The van der Waals surface area contributed by atoms with Crippen molar-refractivity contribution >= 4 is 5.97 Å². The molecule has 2 nitrogen and oxygen atoms in total. The zero-order valence-electron chi connectivity index (χ0n) is 7.26. The smallest absolute Gasteiger partial charge is 0.311 e. The summed E-state index contributed by atoms with van der Waals surface area (Å²) in [6, 6.07) is 0. The van der Waals surface area contributed by atoms with E-state index in [-0.39, 0.29) is 5.97 Å². The Hall–Kier alpha value is -0.790. The molecule has 1 rings (SSSR count). The number of ether oxygens (including phenoxy) is 1. The summed E-state index contributed by atoms with van der Waals surface area (Å²) in [7, 11) is 0. The van der Waals surface area contributed by atoms with Crippen LogP contribution in [0.1, 0.15) is 27.2 Å². The Morgan fingerprint density at radius 3 is 2.73 bits per heavy atom. The third kappa shape index (κ3) is 2.07. The SMILES string of the molecule is CC1C=C(C(C)C)OC(=O)C1. The average Bonchev–Trinajstić information content (AvgIpc) is 1.85. The Labute approximate surface area is 67.2 Å². The maximum Gasteiger partial charge on any atom is 0.311 e. The van der Waals surface area contributed by atoms with Crippen LogP contribution in [-0.4, -0.2) is 5.97 Å². The van der Waals surface area contributed by atoms with Gasteiger partial charge in [0.1, 0.15) is 5.76 Å². The molecule has 11 heavy (non-hydrogen) atoms. The standard InChI is InChI=1S/C9H14O2/c1-6(2)8-4-7(3)5-9(10)11-8/h4,6-7H,5H2,1-3H3. The number of cyclic esters (lactones) is 1. The fraction of sp³-hybridized carbons (Fsp3) is 0.667. The van der Waals surface area contributed by atoms with Gasteiger partial charge in [-0.25, -0.2) is 0 Å². The maximum atomic E-state index is 10.9. The highest BCUT2D eigenvalue weighted by molar-refractivity contribution is 5.72. The van der Waals surface area contributed by atoms with Gasteiger partial charge in [-0.3, -0.25) is 4.79 Å². The van der Waals surface area contributed by atoms with Crippen LogP contribution in [0.4, 0.5) is 0 Å². The zero-order chi connectivity index (χ0) is 8.43. The zero-order valence-corrected chi connectivity index (χ0v) is 7.26. The molecule has 0 aromatic carbocycles. The minimum atomic E-state index is -0.0938. The Balaban J connectivity index is 2.72. The lowest BCUT2D eigenvalue weighted by Crippen LogP contribution is -2.17. The largest absolute Gasteiger partial charge is 0.431 e. The highest BCUT2D eigenvalue weighted by atomic mass is 16.5. The van der Waals surface area contributed by atoms with Gasteiger partial charge in [0.2, 0.25) is 0 Å². The molecule has 0 saturated heterocycles. The Morgan fingerprint density at radius 2 is 2.27 bits per heavy atom. The van der Waals surface area contributed by atoms with E-state index < -0.39 is 0 Å². The number of carbonyl (C=O) groups is 1. The second-order valence-corrected chi connectivity index (χ2v) is 3.38. The van der Waals surface area contributed by atoms with Crippen molar-refractivity contribution in [1.29, 1.82) is 0 Å². The summed E-state index contributed by atoms with van der Waals surface area (Å²) >= 11 is 0. The topological polar surface area (TPSA) is 26.3 Å². The molecule has 0 aromatic heterocycles. The molecular weight excluding hydrogens is 140 g/mol. The molecule has 0 spiro atoms. The lowest BCUT2D eigenvalue weighted by Gasteiger charge is -2.19. The van der Waals surface area contributed by atoms with Crippen LogP contribution in [0.2, 0.25) is 0 Å². The van der Waals surface area contributed by atoms with E-state index in [1.165, 1.54) is 0 Å². The fourth-order valence-electron chi connectivity index (χ4n) is 1.12. The number of esters is 1. The van der Waals surface area contributed by atoms with Gasteiger partial charge in [-0.2, -0.15) is 0 Å². The molecule has 0 bridgehead atoms. The minimum absolute atomic E-state index is 0.0938. The molecular formula is C9H14O2. The van der Waals surface area contributed by atoms with Crippen molar-refractivity contribution in [2.45, 2.75) is 27.2 Å². The van der Waals surface area contributed by atoms with Crippen LogP contribution in [0, 0.1) is 11.8 Å². The quantitative estimate of drug-likeness (QED) is 0.541. The molecule has 0 saturated carbocycles. The monoisotopic (exact) mass is 154 g/mol. The van der Waals surface area contributed by atoms with Gasteiger partial charge in [0.15, 0.2) is 0 Å². The van der Waals surface area contributed by atoms with Gasteiger partial charge in [-0.1, -0.05) is 20.8 Å². The van der Waals surface area contributed by atoms with Crippen LogP contribution in [-0.2, 0) is 9.53 Å². The number of hydrogen-bond donors (Lipinski definition) is 0. The summed E-state index contributed by atoms with van der Waals surface area (Å²) in [5.41, 5.74) is 0. The van der Waals surface area contributed by atoms with Gasteiger partial charge in [-0.05, 0) is 12.0 Å². The highest BCUT2D eigenvalue weighted by Gasteiger charge is 2.19. The third-order valence-electron chi connectivity index (χ3n) is 1.74. The number of rotatable bonds is 1.